The monoisotopic (exact) mass is 344 g/mol. The molecule has 0 aliphatic heterocycles. The molecule has 128 valence electrons. The van der Waals surface area contributed by atoms with Crippen molar-refractivity contribution in [2.24, 2.45) is 0 Å². The molecule has 5 nitrogen and oxygen atoms in total. The first-order valence-corrected chi connectivity index (χ1v) is 7.42. The Hall–Kier alpha value is -3.22. The van der Waals surface area contributed by atoms with E-state index in [2.05, 4.69) is 10.3 Å². The van der Waals surface area contributed by atoms with Gasteiger partial charge in [0.1, 0.15) is 24.0 Å². The number of amides is 1. The standard InChI is InChI=1S/C18H14F2N2O3/c1-11-2-7-17(21-9-11)22-18(23)16-6-4-13(25-16)10-24-15-5-3-12(19)8-14(15)20/h2-9H,10H2,1H3,(H,21,22,23). The highest BCUT2D eigenvalue weighted by atomic mass is 19.1. The molecule has 1 amide bonds. The van der Waals surface area contributed by atoms with Gasteiger partial charge in [-0.05, 0) is 42.8 Å². The average molecular weight is 344 g/mol. The number of ether oxygens (including phenoxy) is 1. The summed E-state index contributed by atoms with van der Waals surface area (Å²) in [6.07, 6.45) is 1.63. The Morgan fingerprint density at radius 3 is 2.76 bits per heavy atom. The third-order valence-corrected chi connectivity index (χ3v) is 3.30. The summed E-state index contributed by atoms with van der Waals surface area (Å²) < 4.78 is 36.9. The molecule has 25 heavy (non-hydrogen) atoms. The Morgan fingerprint density at radius 1 is 1.20 bits per heavy atom. The highest BCUT2D eigenvalue weighted by Gasteiger charge is 2.13. The van der Waals surface area contributed by atoms with Crippen molar-refractivity contribution in [2.75, 3.05) is 5.32 Å². The van der Waals surface area contributed by atoms with Crippen molar-refractivity contribution < 1.29 is 22.7 Å². The molecule has 0 bridgehead atoms. The van der Waals surface area contributed by atoms with Gasteiger partial charge in [0, 0.05) is 12.3 Å². The first kappa shape index (κ1) is 16.6. The fraction of sp³-hybridized carbons (Fsp3) is 0.111. The molecule has 0 radical (unpaired) electrons. The number of furan rings is 1. The van der Waals surface area contributed by atoms with Crippen LogP contribution in [0.4, 0.5) is 14.6 Å². The van der Waals surface area contributed by atoms with Crippen molar-refractivity contribution in [2.45, 2.75) is 13.5 Å². The van der Waals surface area contributed by atoms with E-state index in [4.69, 9.17) is 9.15 Å². The van der Waals surface area contributed by atoms with Crippen molar-refractivity contribution >= 4 is 11.7 Å². The van der Waals surface area contributed by atoms with Crippen LogP contribution in [-0.4, -0.2) is 10.9 Å². The molecule has 0 unspecified atom stereocenters. The molecule has 0 aliphatic rings. The van der Waals surface area contributed by atoms with Gasteiger partial charge in [-0.1, -0.05) is 6.07 Å². The molecule has 0 aliphatic carbocycles. The number of carbonyl (C=O) groups excluding carboxylic acids is 1. The van der Waals surface area contributed by atoms with Gasteiger partial charge < -0.3 is 14.5 Å². The molecule has 0 fully saturated rings. The second-order valence-corrected chi connectivity index (χ2v) is 5.30. The van der Waals surface area contributed by atoms with Gasteiger partial charge in [0.2, 0.25) is 0 Å². The van der Waals surface area contributed by atoms with Crippen molar-refractivity contribution in [3.05, 3.63) is 77.4 Å². The summed E-state index contributed by atoms with van der Waals surface area (Å²) in [7, 11) is 0. The summed E-state index contributed by atoms with van der Waals surface area (Å²) in [5, 5.41) is 2.60. The Morgan fingerprint density at radius 2 is 2.04 bits per heavy atom. The number of pyridine rings is 1. The number of anilines is 1. The van der Waals surface area contributed by atoms with E-state index >= 15 is 0 Å². The number of benzene rings is 1. The zero-order valence-corrected chi connectivity index (χ0v) is 13.3. The molecule has 0 saturated heterocycles. The number of halogens is 2. The molecule has 2 heterocycles. The minimum absolute atomic E-state index is 0.0700. The summed E-state index contributed by atoms with van der Waals surface area (Å²) in [6, 6.07) is 9.52. The third kappa shape index (κ3) is 4.20. The van der Waals surface area contributed by atoms with Gasteiger partial charge in [0.25, 0.3) is 5.91 Å². The Bertz CT molecular complexity index is 892. The van der Waals surface area contributed by atoms with E-state index in [1.807, 2.05) is 13.0 Å². The van der Waals surface area contributed by atoms with Gasteiger partial charge in [-0.3, -0.25) is 4.79 Å². The SMILES string of the molecule is Cc1ccc(NC(=O)c2ccc(COc3ccc(F)cc3F)o2)nc1. The molecule has 2 aromatic heterocycles. The largest absolute Gasteiger partial charge is 0.483 e. The molecule has 0 saturated carbocycles. The quantitative estimate of drug-likeness (QED) is 0.757. The van der Waals surface area contributed by atoms with Crippen molar-refractivity contribution in [1.82, 2.24) is 4.98 Å². The van der Waals surface area contributed by atoms with E-state index in [0.29, 0.717) is 11.6 Å². The number of carbonyl (C=O) groups is 1. The number of nitrogens with zero attached hydrogens (tertiary/aromatic N) is 1. The van der Waals surface area contributed by atoms with Crippen LogP contribution < -0.4 is 10.1 Å². The van der Waals surface area contributed by atoms with E-state index in [1.54, 1.807) is 18.3 Å². The predicted octanol–water partition coefficient (Wildman–Crippen LogP) is 4.09. The number of aromatic nitrogens is 1. The molecule has 1 aromatic carbocycles. The van der Waals surface area contributed by atoms with Crippen LogP contribution in [0.2, 0.25) is 0 Å². The van der Waals surface area contributed by atoms with Gasteiger partial charge in [-0.15, -0.1) is 0 Å². The first-order valence-electron chi connectivity index (χ1n) is 7.42. The Balaban J connectivity index is 1.61. The van der Waals surface area contributed by atoms with Crippen LogP contribution >= 0.6 is 0 Å². The minimum atomic E-state index is -0.810. The topological polar surface area (TPSA) is 64.4 Å². The van der Waals surface area contributed by atoms with E-state index in [9.17, 15) is 13.6 Å². The van der Waals surface area contributed by atoms with Crippen LogP contribution in [0.25, 0.3) is 0 Å². The van der Waals surface area contributed by atoms with Crippen molar-refractivity contribution in [3.63, 3.8) is 0 Å². The van der Waals surface area contributed by atoms with Crippen LogP contribution in [0.5, 0.6) is 5.75 Å². The van der Waals surface area contributed by atoms with Gasteiger partial charge in [-0.25, -0.2) is 13.8 Å². The Kier molecular flexibility index (Phi) is 4.74. The lowest BCUT2D eigenvalue weighted by Crippen LogP contribution is -2.12. The van der Waals surface area contributed by atoms with Crippen LogP contribution in [0.3, 0.4) is 0 Å². The molecule has 3 aromatic rings. The normalized spacial score (nSPS) is 10.5. The first-order chi connectivity index (χ1) is 12.0. The van der Waals surface area contributed by atoms with E-state index in [0.717, 1.165) is 17.7 Å². The lowest BCUT2D eigenvalue weighted by molar-refractivity contribution is 0.0992. The number of rotatable bonds is 5. The van der Waals surface area contributed by atoms with Crippen molar-refractivity contribution in [3.8, 4) is 5.75 Å². The molecule has 1 N–H and O–H groups in total. The summed E-state index contributed by atoms with van der Waals surface area (Å²) in [5.41, 5.74) is 0.975. The zero-order valence-electron chi connectivity index (χ0n) is 13.3. The summed E-state index contributed by atoms with van der Waals surface area (Å²) in [6.45, 7) is 1.79. The highest BCUT2D eigenvalue weighted by Crippen LogP contribution is 2.20. The summed E-state index contributed by atoms with van der Waals surface area (Å²) in [5.74, 6) is -1.27. The smallest absolute Gasteiger partial charge is 0.292 e. The maximum atomic E-state index is 13.5. The fourth-order valence-corrected chi connectivity index (χ4v) is 2.04. The van der Waals surface area contributed by atoms with Crippen LogP contribution in [0.15, 0.2) is 53.1 Å². The number of nitrogens with one attached hydrogen (secondary N) is 1. The zero-order chi connectivity index (χ0) is 17.8. The lowest BCUT2D eigenvalue weighted by Gasteiger charge is -2.05. The van der Waals surface area contributed by atoms with Gasteiger partial charge in [0.15, 0.2) is 17.3 Å². The Labute approximate surface area is 142 Å². The van der Waals surface area contributed by atoms with Crippen LogP contribution in [-0.2, 0) is 6.61 Å². The molecular formula is C18H14F2N2O3. The highest BCUT2D eigenvalue weighted by molar-refractivity contribution is 6.01. The van der Waals surface area contributed by atoms with Crippen LogP contribution in [0, 0.1) is 18.6 Å². The molecule has 0 atom stereocenters. The van der Waals surface area contributed by atoms with E-state index in [1.165, 1.54) is 12.1 Å². The van der Waals surface area contributed by atoms with E-state index in [-0.39, 0.29) is 18.1 Å². The van der Waals surface area contributed by atoms with Crippen LogP contribution in [0.1, 0.15) is 21.9 Å². The maximum absolute atomic E-state index is 13.5. The minimum Gasteiger partial charge on any atom is -0.483 e. The molecule has 7 heteroatoms. The summed E-state index contributed by atoms with van der Waals surface area (Å²) >= 11 is 0. The van der Waals surface area contributed by atoms with Gasteiger partial charge in [-0.2, -0.15) is 0 Å². The number of hydrogen-bond acceptors (Lipinski definition) is 4. The van der Waals surface area contributed by atoms with Gasteiger partial charge in [0.05, 0.1) is 0 Å². The second kappa shape index (κ2) is 7.12. The lowest BCUT2D eigenvalue weighted by atomic mass is 10.3. The average Bonchev–Trinajstić information content (AvgIpc) is 3.05. The summed E-state index contributed by atoms with van der Waals surface area (Å²) in [4.78, 5) is 16.2. The second-order valence-electron chi connectivity index (χ2n) is 5.30. The van der Waals surface area contributed by atoms with Gasteiger partial charge >= 0.3 is 0 Å². The van der Waals surface area contributed by atoms with E-state index < -0.39 is 17.5 Å². The molecule has 0 spiro atoms. The molecule has 3 rings (SSSR count). The third-order valence-electron chi connectivity index (χ3n) is 3.30. The maximum Gasteiger partial charge on any atom is 0.292 e. The molecular weight excluding hydrogens is 330 g/mol. The fourth-order valence-electron chi connectivity index (χ4n) is 2.04. The number of aryl methyl sites for hydroxylation is 1. The number of hydrogen-bond donors (Lipinski definition) is 1. The predicted molar refractivity (Wildman–Crippen MR) is 86.3 cm³/mol. The van der Waals surface area contributed by atoms with Crippen molar-refractivity contribution in [1.29, 1.82) is 0 Å².